The molecule has 9 nitrogen and oxygen atoms in total. The maximum absolute atomic E-state index is 13.2. The largest absolute Gasteiger partial charge is 0.496 e. The molecule has 0 fully saturated rings. The number of thioether (sulfide) groups is 1. The highest BCUT2D eigenvalue weighted by Crippen LogP contribution is 2.30. The lowest BCUT2D eigenvalue weighted by Gasteiger charge is -2.11. The third-order valence-electron chi connectivity index (χ3n) is 4.33. The number of alkyl halides is 2. The quantitative estimate of drug-likeness (QED) is 0.197. The predicted octanol–water partition coefficient (Wildman–Crippen LogP) is 4.62. The van der Waals surface area contributed by atoms with Crippen molar-refractivity contribution in [1.29, 1.82) is 0 Å². The van der Waals surface area contributed by atoms with Crippen LogP contribution in [0.15, 0.2) is 46.7 Å². The fourth-order valence-corrected chi connectivity index (χ4v) is 3.25. The molecule has 168 valence electrons. The van der Waals surface area contributed by atoms with E-state index in [0.29, 0.717) is 16.9 Å². The molecule has 3 rings (SSSR count). The molecule has 0 aliphatic carbocycles. The number of ether oxygens (including phenoxy) is 2. The van der Waals surface area contributed by atoms with Crippen LogP contribution in [-0.2, 0) is 6.61 Å². The highest BCUT2D eigenvalue weighted by Gasteiger charge is 2.19. The van der Waals surface area contributed by atoms with E-state index in [4.69, 9.17) is 9.47 Å². The summed E-state index contributed by atoms with van der Waals surface area (Å²) in [5.74, 6) is 0.0611. The minimum atomic E-state index is -2.83. The Morgan fingerprint density at radius 3 is 2.66 bits per heavy atom. The van der Waals surface area contributed by atoms with Crippen LogP contribution in [-0.4, -0.2) is 39.4 Å². The summed E-state index contributed by atoms with van der Waals surface area (Å²) in [7, 11) is 1.48. The number of benzene rings is 2. The van der Waals surface area contributed by atoms with Crippen LogP contribution in [0.3, 0.4) is 0 Å². The molecule has 0 saturated heterocycles. The summed E-state index contributed by atoms with van der Waals surface area (Å²) in [6.45, 7) is 1.74. The summed E-state index contributed by atoms with van der Waals surface area (Å²) in [6, 6.07) is 9.72. The van der Waals surface area contributed by atoms with E-state index >= 15 is 0 Å². The number of hydrogen-bond donors (Lipinski definition) is 0. The van der Waals surface area contributed by atoms with Crippen molar-refractivity contribution in [3.8, 4) is 11.5 Å². The number of methoxy groups -OCH3 is 1. The monoisotopic (exact) mass is 463 g/mol. The molecular weight excluding hydrogens is 444 g/mol. The minimum Gasteiger partial charge on any atom is -0.496 e. The van der Waals surface area contributed by atoms with Crippen molar-refractivity contribution in [2.24, 2.45) is 5.10 Å². The summed E-state index contributed by atoms with van der Waals surface area (Å²) < 4.78 is 38.3. The Balaban J connectivity index is 1.87. The fourth-order valence-electron chi connectivity index (χ4n) is 2.81. The summed E-state index contributed by atoms with van der Waals surface area (Å²) in [5.41, 5.74) is 1.76. The Bertz CT molecular complexity index is 1150. The van der Waals surface area contributed by atoms with Crippen LogP contribution in [0.25, 0.3) is 0 Å². The lowest BCUT2D eigenvalue weighted by atomic mass is 10.1. The van der Waals surface area contributed by atoms with Crippen LogP contribution in [0.2, 0.25) is 0 Å². The number of aromatic nitrogens is 3. The van der Waals surface area contributed by atoms with Crippen LogP contribution < -0.4 is 9.47 Å². The second kappa shape index (κ2) is 10.2. The molecule has 1 aromatic heterocycles. The summed E-state index contributed by atoms with van der Waals surface area (Å²) in [5, 5.41) is 22.8. The van der Waals surface area contributed by atoms with Gasteiger partial charge in [-0.1, -0.05) is 17.8 Å². The van der Waals surface area contributed by atoms with E-state index in [0.717, 1.165) is 22.0 Å². The number of aryl methyl sites for hydroxylation is 1. The molecule has 0 spiro atoms. The number of rotatable bonds is 9. The SMILES string of the molecule is COc1ccc(C=Nn2c(SC)nnc2C(F)F)cc1COc1ccc(C)cc1[N+](=O)[O-]. The number of hydrogen-bond acceptors (Lipinski definition) is 8. The van der Waals surface area contributed by atoms with Crippen LogP contribution in [0.4, 0.5) is 14.5 Å². The number of nitro groups is 1. The maximum Gasteiger partial charge on any atom is 0.311 e. The molecule has 0 aliphatic rings. The predicted molar refractivity (Wildman–Crippen MR) is 115 cm³/mol. The summed E-state index contributed by atoms with van der Waals surface area (Å²) in [6.07, 6.45) is 0.232. The second-order valence-corrected chi connectivity index (χ2v) is 7.26. The van der Waals surface area contributed by atoms with Gasteiger partial charge in [-0.2, -0.15) is 9.78 Å². The Morgan fingerprint density at radius 1 is 1.25 bits per heavy atom. The molecule has 32 heavy (non-hydrogen) atoms. The van der Waals surface area contributed by atoms with Crippen molar-refractivity contribution >= 4 is 23.7 Å². The Morgan fingerprint density at radius 2 is 2.00 bits per heavy atom. The van der Waals surface area contributed by atoms with Crippen molar-refractivity contribution in [2.75, 3.05) is 13.4 Å². The van der Waals surface area contributed by atoms with E-state index in [1.54, 1.807) is 37.4 Å². The molecule has 3 aromatic rings. The third kappa shape index (κ3) is 5.19. The second-order valence-electron chi connectivity index (χ2n) is 6.49. The van der Waals surface area contributed by atoms with Gasteiger partial charge in [-0.05, 0) is 48.6 Å². The molecule has 12 heteroatoms. The van der Waals surface area contributed by atoms with Crippen molar-refractivity contribution in [3.05, 3.63) is 69.0 Å². The van der Waals surface area contributed by atoms with Gasteiger partial charge in [0.1, 0.15) is 12.4 Å². The van der Waals surface area contributed by atoms with Gasteiger partial charge >= 0.3 is 5.69 Å². The molecule has 0 N–H and O–H groups in total. The van der Waals surface area contributed by atoms with Crippen molar-refractivity contribution in [2.45, 2.75) is 25.1 Å². The number of nitro benzene ring substituents is 1. The summed E-state index contributed by atoms with van der Waals surface area (Å²) >= 11 is 1.14. The fraction of sp³-hybridized carbons (Fsp3) is 0.250. The normalized spacial score (nSPS) is 11.3. The first-order valence-electron chi connectivity index (χ1n) is 9.20. The smallest absolute Gasteiger partial charge is 0.311 e. The summed E-state index contributed by atoms with van der Waals surface area (Å²) in [4.78, 5) is 10.8. The number of halogens is 2. The Labute approximate surface area is 186 Å². The van der Waals surface area contributed by atoms with Gasteiger partial charge in [0.05, 0.1) is 18.2 Å². The van der Waals surface area contributed by atoms with Gasteiger partial charge in [-0.25, -0.2) is 8.78 Å². The van der Waals surface area contributed by atoms with Crippen LogP contribution in [0.1, 0.15) is 28.9 Å². The lowest BCUT2D eigenvalue weighted by Crippen LogP contribution is -2.03. The zero-order valence-corrected chi connectivity index (χ0v) is 18.2. The van der Waals surface area contributed by atoms with Gasteiger partial charge in [-0.15, -0.1) is 10.2 Å². The third-order valence-corrected chi connectivity index (χ3v) is 4.95. The topological polar surface area (TPSA) is 105 Å². The maximum atomic E-state index is 13.2. The standard InChI is InChI=1S/C20H19F2N5O4S/c1-12-4-6-17(15(8-12)27(28)29)31-11-14-9-13(5-7-16(14)30-2)10-23-26-19(18(21)22)24-25-20(26)32-3/h4-10,18H,11H2,1-3H3. The van der Waals surface area contributed by atoms with Crippen molar-refractivity contribution in [3.63, 3.8) is 0 Å². The molecule has 2 aromatic carbocycles. The van der Waals surface area contributed by atoms with Crippen molar-refractivity contribution in [1.82, 2.24) is 14.9 Å². The van der Waals surface area contributed by atoms with Gasteiger partial charge in [0, 0.05) is 11.6 Å². The van der Waals surface area contributed by atoms with Gasteiger partial charge in [0.15, 0.2) is 5.75 Å². The molecule has 0 atom stereocenters. The molecule has 0 amide bonds. The highest BCUT2D eigenvalue weighted by molar-refractivity contribution is 7.98. The van der Waals surface area contributed by atoms with Crippen LogP contribution in [0.5, 0.6) is 11.5 Å². The minimum absolute atomic E-state index is 0.0142. The van der Waals surface area contributed by atoms with E-state index in [9.17, 15) is 18.9 Å². The van der Waals surface area contributed by atoms with Crippen LogP contribution >= 0.6 is 11.8 Å². The Hall–Kier alpha value is -3.54. The van der Waals surface area contributed by atoms with E-state index in [2.05, 4.69) is 15.3 Å². The van der Waals surface area contributed by atoms with Gasteiger partial charge in [0.2, 0.25) is 11.0 Å². The molecule has 0 saturated carbocycles. The molecule has 0 aliphatic heterocycles. The molecule has 0 radical (unpaired) electrons. The Kier molecular flexibility index (Phi) is 7.36. The molecule has 1 heterocycles. The van der Waals surface area contributed by atoms with E-state index in [1.165, 1.54) is 25.5 Å². The van der Waals surface area contributed by atoms with E-state index in [-0.39, 0.29) is 23.2 Å². The zero-order valence-electron chi connectivity index (χ0n) is 17.4. The number of nitrogens with zero attached hydrogens (tertiary/aromatic N) is 5. The average molecular weight is 463 g/mol. The molecular formula is C20H19F2N5O4S. The average Bonchev–Trinajstić information content (AvgIpc) is 3.20. The van der Waals surface area contributed by atoms with Gasteiger partial charge in [0.25, 0.3) is 6.43 Å². The first-order chi connectivity index (χ1) is 15.3. The van der Waals surface area contributed by atoms with Gasteiger partial charge < -0.3 is 9.47 Å². The van der Waals surface area contributed by atoms with Crippen LogP contribution in [0, 0.1) is 17.0 Å². The van der Waals surface area contributed by atoms with E-state index < -0.39 is 17.2 Å². The molecule has 0 unspecified atom stereocenters. The van der Waals surface area contributed by atoms with Crippen molar-refractivity contribution < 1.29 is 23.2 Å². The lowest BCUT2D eigenvalue weighted by molar-refractivity contribution is -0.386. The van der Waals surface area contributed by atoms with E-state index in [1.807, 2.05) is 0 Å². The first kappa shape index (κ1) is 23.1. The first-order valence-corrected chi connectivity index (χ1v) is 10.4. The molecule has 0 bridgehead atoms. The zero-order chi connectivity index (χ0) is 23.3. The highest BCUT2D eigenvalue weighted by atomic mass is 32.2. The van der Waals surface area contributed by atoms with Gasteiger partial charge in [-0.3, -0.25) is 10.1 Å².